The van der Waals surface area contributed by atoms with Crippen LogP contribution in [0.1, 0.15) is 12.5 Å². The summed E-state index contributed by atoms with van der Waals surface area (Å²) in [4.78, 5) is 26.4. The first-order valence-corrected chi connectivity index (χ1v) is 4.17. The molecule has 1 aliphatic rings. The van der Waals surface area contributed by atoms with Crippen molar-refractivity contribution in [1.82, 2.24) is 15.6 Å². The van der Waals surface area contributed by atoms with Gasteiger partial charge in [0.1, 0.15) is 5.54 Å². The Balaban J connectivity index is 0.00000112. The third kappa shape index (κ3) is 1.78. The number of nitrogens with zero attached hydrogens (tertiary/aromatic N) is 1. The van der Waals surface area contributed by atoms with E-state index in [2.05, 4.69) is 15.6 Å². The number of carbonyl (C=O) groups is 2. The fourth-order valence-corrected chi connectivity index (χ4v) is 1.40. The van der Waals surface area contributed by atoms with Crippen molar-refractivity contribution in [2.45, 2.75) is 12.5 Å². The summed E-state index contributed by atoms with van der Waals surface area (Å²) in [6.45, 7) is 1.64. The molecule has 0 spiro atoms. The largest absolute Gasteiger partial charge is 0.322 e. The number of amides is 3. The van der Waals surface area contributed by atoms with Crippen LogP contribution in [-0.2, 0) is 10.3 Å². The van der Waals surface area contributed by atoms with Gasteiger partial charge in [0.05, 0.1) is 0 Å². The van der Waals surface area contributed by atoms with E-state index in [9.17, 15) is 9.59 Å². The van der Waals surface area contributed by atoms with Crippen LogP contribution >= 0.6 is 12.4 Å². The highest BCUT2D eigenvalue weighted by atomic mass is 35.5. The zero-order chi connectivity index (χ0) is 10.2. The summed E-state index contributed by atoms with van der Waals surface area (Å²) < 4.78 is 0. The minimum atomic E-state index is -0.995. The number of halogens is 1. The summed E-state index contributed by atoms with van der Waals surface area (Å²) in [7, 11) is 0. The highest BCUT2D eigenvalue weighted by Gasteiger charge is 2.43. The molecule has 1 fully saturated rings. The van der Waals surface area contributed by atoms with Crippen molar-refractivity contribution in [2.75, 3.05) is 0 Å². The zero-order valence-corrected chi connectivity index (χ0v) is 8.80. The van der Waals surface area contributed by atoms with Gasteiger partial charge in [-0.1, -0.05) is 6.07 Å². The summed E-state index contributed by atoms with van der Waals surface area (Å²) in [5, 5.41) is 4.75. The number of imide groups is 1. The lowest BCUT2D eigenvalue weighted by molar-refractivity contribution is -0.123. The Bertz CT molecular complexity index is 396. The van der Waals surface area contributed by atoms with Crippen molar-refractivity contribution in [3.05, 3.63) is 30.1 Å². The van der Waals surface area contributed by atoms with E-state index >= 15 is 0 Å². The van der Waals surface area contributed by atoms with Crippen LogP contribution in [0.15, 0.2) is 24.5 Å². The van der Waals surface area contributed by atoms with E-state index < -0.39 is 11.6 Å². The Morgan fingerprint density at radius 2 is 2.13 bits per heavy atom. The second-order valence-electron chi connectivity index (χ2n) is 3.27. The summed E-state index contributed by atoms with van der Waals surface area (Å²) in [6, 6.07) is 3.00. The first kappa shape index (κ1) is 11.5. The molecule has 1 aromatic heterocycles. The minimum Gasteiger partial charge on any atom is -0.320 e. The fraction of sp³-hybridized carbons (Fsp3) is 0.222. The molecule has 3 amide bonds. The maximum absolute atomic E-state index is 11.5. The molecular weight excluding hydrogens is 218 g/mol. The highest BCUT2D eigenvalue weighted by Crippen LogP contribution is 2.22. The molecule has 0 bridgehead atoms. The van der Waals surface area contributed by atoms with Crippen LogP contribution in [0, 0.1) is 0 Å². The number of nitrogens with one attached hydrogen (secondary N) is 2. The first-order chi connectivity index (χ1) is 6.63. The van der Waals surface area contributed by atoms with Crippen molar-refractivity contribution in [3.63, 3.8) is 0 Å². The number of hydrogen-bond acceptors (Lipinski definition) is 3. The molecule has 0 aliphatic carbocycles. The number of rotatable bonds is 1. The second-order valence-corrected chi connectivity index (χ2v) is 3.27. The number of urea groups is 1. The lowest BCUT2D eigenvalue weighted by Gasteiger charge is -2.19. The van der Waals surface area contributed by atoms with Gasteiger partial charge in [0.2, 0.25) is 0 Å². The molecule has 6 heteroatoms. The summed E-state index contributed by atoms with van der Waals surface area (Å²) >= 11 is 0. The lowest BCUT2D eigenvalue weighted by atomic mass is 9.94. The normalized spacial score (nSPS) is 24.1. The minimum absolute atomic E-state index is 0. The van der Waals surface area contributed by atoms with Crippen molar-refractivity contribution < 1.29 is 9.59 Å². The van der Waals surface area contributed by atoms with E-state index in [1.807, 2.05) is 0 Å². The van der Waals surface area contributed by atoms with Gasteiger partial charge < -0.3 is 5.32 Å². The van der Waals surface area contributed by atoms with Crippen molar-refractivity contribution in [3.8, 4) is 0 Å². The van der Waals surface area contributed by atoms with Crippen molar-refractivity contribution in [2.24, 2.45) is 0 Å². The average molecular weight is 228 g/mol. The van der Waals surface area contributed by atoms with Gasteiger partial charge in [0.15, 0.2) is 0 Å². The molecule has 2 rings (SSSR count). The molecular formula is C9H10ClN3O2. The third-order valence-corrected chi connectivity index (χ3v) is 2.28. The monoisotopic (exact) mass is 227 g/mol. The Morgan fingerprint density at radius 1 is 1.40 bits per heavy atom. The van der Waals surface area contributed by atoms with Gasteiger partial charge in [-0.2, -0.15) is 0 Å². The number of pyridine rings is 1. The van der Waals surface area contributed by atoms with Gasteiger partial charge in [-0.3, -0.25) is 15.1 Å². The van der Waals surface area contributed by atoms with Crippen molar-refractivity contribution in [1.29, 1.82) is 0 Å². The first-order valence-electron chi connectivity index (χ1n) is 4.17. The summed E-state index contributed by atoms with van der Waals surface area (Å²) in [5.74, 6) is -0.351. The molecule has 80 valence electrons. The maximum Gasteiger partial charge on any atom is 0.322 e. The molecule has 1 atom stereocenters. The van der Waals surface area contributed by atoms with Crippen LogP contribution in [0.4, 0.5) is 4.79 Å². The predicted octanol–water partition coefficient (Wildman–Crippen LogP) is 0.558. The van der Waals surface area contributed by atoms with E-state index in [4.69, 9.17) is 0 Å². The smallest absolute Gasteiger partial charge is 0.320 e. The fourth-order valence-electron chi connectivity index (χ4n) is 1.40. The van der Waals surface area contributed by atoms with Crippen LogP contribution in [0.2, 0.25) is 0 Å². The Hall–Kier alpha value is -1.62. The molecule has 2 heterocycles. The van der Waals surface area contributed by atoms with Gasteiger partial charge in [0, 0.05) is 18.0 Å². The van der Waals surface area contributed by atoms with Crippen molar-refractivity contribution >= 4 is 24.3 Å². The predicted molar refractivity (Wildman–Crippen MR) is 55.5 cm³/mol. The second kappa shape index (κ2) is 3.86. The topological polar surface area (TPSA) is 71.1 Å². The SMILES string of the molecule is CC1(c2cccnc2)NC(=O)NC1=O.Cl. The molecule has 1 aromatic rings. The molecule has 1 unspecified atom stereocenters. The van der Waals surface area contributed by atoms with Crippen LogP contribution in [0.3, 0.4) is 0 Å². The molecule has 5 nitrogen and oxygen atoms in total. The van der Waals surface area contributed by atoms with E-state index in [0.29, 0.717) is 5.56 Å². The van der Waals surface area contributed by atoms with E-state index in [1.165, 1.54) is 0 Å². The van der Waals surface area contributed by atoms with Crippen LogP contribution in [0.25, 0.3) is 0 Å². The summed E-state index contributed by atoms with van der Waals surface area (Å²) in [6.07, 6.45) is 3.17. The van der Waals surface area contributed by atoms with E-state index in [-0.39, 0.29) is 18.3 Å². The Kier molecular flexibility index (Phi) is 2.95. The van der Waals surface area contributed by atoms with Crippen LogP contribution in [0.5, 0.6) is 0 Å². The highest BCUT2D eigenvalue weighted by molar-refractivity contribution is 6.07. The van der Waals surface area contributed by atoms with Gasteiger partial charge in [-0.05, 0) is 13.0 Å². The zero-order valence-electron chi connectivity index (χ0n) is 7.98. The Morgan fingerprint density at radius 3 is 2.60 bits per heavy atom. The number of hydrogen-bond donors (Lipinski definition) is 2. The average Bonchev–Trinajstić information content (AvgIpc) is 2.43. The van der Waals surface area contributed by atoms with Crippen LogP contribution in [-0.4, -0.2) is 16.9 Å². The molecule has 2 N–H and O–H groups in total. The maximum atomic E-state index is 11.5. The molecule has 1 aliphatic heterocycles. The quantitative estimate of drug-likeness (QED) is 0.689. The van der Waals surface area contributed by atoms with Gasteiger partial charge in [-0.25, -0.2) is 4.79 Å². The standard InChI is InChI=1S/C9H9N3O2.ClH/c1-9(6-3-2-4-10-5-6)7(13)11-8(14)12-9;/h2-5H,1H3,(H2,11,12,13,14);1H. The molecule has 0 aromatic carbocycles. The van der Waals surface area contributed by atoms with Crippen LogP contribution < -0.4 is 10.6 Å². The van der Waals surface area contributed by atoms with Gasteiger partial charge >= 0.3 is 6.03 Å². The number of carbonyl (C=O) groups excluding carboxylic acids is 2. The molecule has 0 radical (unpaired) electrons. The van der Waals surface area contributed by atoms with E-state index in [0.717, 1.165) is 0 Å². The Labute approximate surface area is 92.7 Å². The summed E-state index contributed by atoms with van der Waals surface area (Å²) in [5.41, 5.74) is -0.325. The van der Waals surface area contributed by atoms with Gasteiger partial charge in [-0.15, -0.1) is 12.4 Å². The third-order valence-electron chi connectivity index (χ3n) is 2.28. The molecule has 0 saturated carbocycles. The lowest BCUT2D eigenvalue weighted by Crippen LogP contribution is -2.40. The van der Waals surface area contributed by atoms with E-state index in [1.54, 1.807) is 31.5 Å². The molecule has 15 heavy (non-hydrogen) atoms. The van der Waals surface area contributed by atoms with Gasteiger partial charge in [0.25, 0.3) is 5.91 Å². The molecule has 1 saturated heterocycles. The number of aromatic nitrogens is 1.